The molecule has 0 saturated carbocycles. The largest absolute Gasteiger partial charge is 0.482 e. The maximum atomic E-state index is 14.0. The number of fused-ring (bicyclic) bond motifs is 5. The maximum Gasteiger partial charge on any atom is 0.367 e. The first-order valence-corrected chi connectivity index (χ1v) is 27.9. The second-order valence-corrected chi connectivity index (χ2v) is 21.2. The average molecular weight is 1360 g/mol. The highest BCUT2D eigenvalue weighted by molar-refractivity contribution is 9.10. The molecule has 2 bridgehead atoms. The summed E-state index contributed by atoms with van der Waals surface area (Å²) in [6.07, 6.45) is 2.44. The van der Waals surface area contributed by atoms with Gasteiger partial charge in [0.05, 0.1) is 42.2 Å². The number of carbonyl (C=O) groups excluding carboxylic acids is 2. The van der Waals surface area contributed by atoms with Gasteiger partial charge in [-0.1, -0.05) is 15.5 Å². The zero-order valence-corrected chi connectivity index (χ0v) is 51.5. The Hall–Kier alpha value is -10.9. The van der Waals surface area contributed by atoms with Crippen molar-refractivity contribution in [3.8, 4) is 40.5 Å². The van der Waals surface area contributed by atoms with E-state index in [0.717, 1.165) is 17.8 Å². The number of nitriles is 2. The molecule has 3 atom stereocenters. The summed E-state index contributed by atoms with van der Waals surface area (Å²) in [5, 5.41) is 41.1. The third kappa shape index (κ3) is 16.8. The summed E-state index contributed by atoms with van der Waals surface area (Å²) in [6.45, 7) is 12.7. The smallest absolute Gasteiger partial charge is 0.367 e. The first-order valence-electron chi connectivity index (χ1n) is 26.3. The SMILES string of the molecule is CNCc1cc(C#N)on1.C[C@@H](Oc1cc(Br)cnc1N)c1cc(F)ccc1C(=O)O.C[C@H]1Oc2cc(cnc2N)-c2c(noc2C#N)CN(C)C(=O)c2ccc(F)cc21.[C-]#[N+]c1cc(CN(C)C(=O)c2ccc(F)cc2[C@@H](C)Oc2cc(Br)cnc2N)no1. The molecule has 1 aliphatic heterocycles. The molecule has 25 nitrogen and oxygen atoms in total. The zero-order chi connectivity index (χ0) is 65.5. The second kappa shape index (κ2) is 30.2. The van der Waals surface area contributed by atoms with E-state index in [4.69, 9.17) is 57.4 Å². The summed E-state index contributed by atoms with van der Waals surface area (Å²) < 4.78 is 74.6. The van der Waals surface area contributed by atoms with E-state index >= 15 is 0 Å². The average Bonchev–Trinajstić information content (AvgIpc) is 1.55. The minimum atomic E-state index is -1.15. The quantitative estimate of drug-likeness (QED) is 0.0709. The lowest BCUT2D eigenvalue weighted by Crippen LogP contribution is -2.28. The van der Waals surface area contributed by atoms with Crippen molar-refractivity contribution in [1.29, 1.82) is 10.5 Å². The summed E-state index contributed by atoms with van der Waals surface area (Å²) in [5.41, 5.74) is 21.5. The number of nitrogen functional groups attached to an aromatic ring is 3. The van der Waals surface area contributed by atoms with Crippen molar-refractivity contribution in [3.63, 3.8) is 0 Å². The Morgan fingerprint density at radius 1 is 0.811 bits per heavy atom. The molecule has 10 rings (SSSR count). The van der Waals surface area contributed by atoms with Gasteiger partial charge in [-0.3, -0.25) is 9.59 Å². The fourth-order valence-electron chi connectivity index (χ4n) is 8.58. The number of nitrogens with zero attached hydrogens (tertiary/aromatic N) is 11. The Balaban J connectivity index is 0.000000180. The van der Waals surface area contributed by atoms with E-state index in [2.05, 4.69) is 77.0 Å². The fraction of sp³-hybridized carbons (Fsp3) is 0.200. The van der Waals surface area contributed by atoms with Crippen molar-refractivity contribution < 1.29 is 60.4 Å². The number of aromatic carboxylic acids is 1. The number of benzene rings is 3. The molecular formula is C60H52Br2F3N15O10. The molecule has 462 valence electrons. The van der Waals surface area contributed by atoms with Crippen LogP contribution >= 0.6 is 31.9 Å². The van der Waals surface area contributed by atoms with Crippen LogP contribution in [0.25, 0.3) is 16.0 Å². The van der Waals surface area contributed by atoms with E-state index in [-0.39, 0.29) is 93.5 Å². The van der Waals surface area contributed by atoms with Gasteiger partial charge >= 0.3 is 11.9 Å². The molecule has 9 aromatic rings. The number of aromatic nitrogens is 6. The molecular weight excluding hydrogens is 1310 g/mol. The Kier molecular flexibility index (Phi) is 22.3. The van der Waals surface area contributed by atoms with Crippen molar-refractivity contribution in [3.05, 3.63) is 203 Å². The van der Waals surface area contributed by atoms with E-state index in [1.165, 1.54) is 76.9 Å². The lowest BCUT2D eigenvalue weighted by atomic mass is 10.0. The summed E-state index contributed by atoms with van der Waals surface area (Å²) in [7, 11) is 4.97. The van der Waals surface area contributed by atoms with E-state index < -0.39 is 41.7 Å². The third-order valence-electron chi connectivity index (χ3n) is 12.9. The van der Waals surface area contributed by atoms with Gasteiger partial charge in [-0.25, -0.2) is 32.9 Å². The van der Waals surface area contributed by atoms with Gasteiger partial charge in [-0.15, -0.1) is 0 Å². The Bertz CT molecular complexity index is 4240. The molecule has 0 saturated heterocycles. The number of carboxylic acid groups (broad SMARTS) is 1. The molecule has 0 aliphatic carbocycles. The van der Waals surface area contributed by atoms with E-state index in [0.29, 0.717) is 54.9 Å². The van der Waals surface area contributed by atoms with Crippen LogP contribution in [0.3, 0.4) is 0 Å². The van der Waals surface area contributed by atoms with Gasteiger partial charge in [0.2, 0.25) is 11.5 Å². The van der Waals surface area contributed by atoms with E-state index in [9.17, 15) is 32.8 Å². The van der Waals surface area contributed by atoms with Crippen molar-refractivity contribution in [1.82, 2.24) is 45.5 Å². The van der Waals surface area contributed by atoms with Crippen LogP contribution in [0.1, 0.15) is 115 Å². The third-order valence-corrected chi connectivity index (χ3v) is 13.7. The molecule has 0 fully saturated rings. The number of amides is 2. The highest BCUT2D eigenvalue weighted by Gasteiger charge is 2.28. The van der Waals surface area contributed by atoms with Crippen LogP contribution in [0.5, 0.6) is 17.2 Å². The van der Waals surface area contributed by atoms with Gasteiger partial charge in [0.25, 0.3) is 11.8 Å². The predicted molar refractivity (Wildman–Crippen MR) is 323 cm³/mol. The standard InChI is InChI=1S/C20H17BrFN5O3.C20H16FN5O3.C14H12BrFN2O3.C6H7N3O/c1-11(29-17-6-12(21)9-25-19(17)23)16-7-13(22)4-5-15(16)20(28)27(3)10-14-8-18(24-2)30-26-14;1-10-14-6-12(21)3-4-13(14)20(27)26(2)9-15-18(17(7-22)29-25-15)11-5-16(28-10)19(23)24-8-11;1-7(21-12-4-8(15)6-18-13(12)17)11-5-9(16)2-3-10(11)14(19)20;1-8-4-5-2-6(3-7)10-9-5/h4-9,11H,10H2,1,3H3,(H2,23,25);3-6,8,10H,9H2,1-2H3,(H2,23,24);2-7H,1H3,(H2,17,18)(H,19,20);2,8H,4H2,1H3/t11-;10-;7-;/m111./s1. The molecule has 90 heavy (non-hydrogen) atoms. The van der Waals surface area contributed by atoms with Crippen LogP contribution in [-0.2, 0) is 19.6 Å². The monoisotopic (exact) mass is 1360 g/mol. The number of hydrogen-bond donors (Lipinski definition) is 5. The van der Waals surface area contributed by atoms with Crippen molar-refractivity contribution in [2.45, 2.75) is 58.7 Å². The molecule has 0 radical (unpaired) electrons. The summed E-state index contributed by atoms with van der Waals surface area (Å²) in [5.74, 6) is -1.81. The summed E-state index contributed by atoms with van der Waals surface area (Å²) >= 11 is 6.54. The predicted octanol–water partition coefficient (Wildman–Crippen LogP) is 11.2. The zero-order valence-electron chi connectivity index (χ0n) is 48.3. The number of carboxylic acids is 1. The van der Waals surface area contributed by atoms with Crippen LogP contribution < -0.4 is 36.7 Å². The Labute approximate surface area is 527 Å². The van der Waals surface area contributed by atoms with Gasteiger partial charge in [0, 0.05) is 93.7 Å². The van der Waals surface area contributed by atoms with Crippen LogP contribution in [0.2, 0.25) is 0 Å². The number of nitrogens with one attached hydrogen (secondary N) is 1. The molecule has 0 spiro atoms. The van der Waals surface area contributed by atoms with Crippen LogP contribution in [0.4, 0.5) is 36.5 Å². The van der Waals surface area contributed by atoms with Crippen LogP contribution in [0.15, 0.2) is 126 Å². The lowest BCUT2D eigenvalue weighted by molar-refractivity contribution is 0.0690. The molecule has 8 N–H and O–H groups in total. The fourth-order valence-corrected chi connectivity index (χ4v) is 9.20. The number of rotatable bonds is 12. The number of hydrogen-bond acceptors (Lipinski definition) is 21. The Morgan fingerprint density at radius 3 is 1.96 bits per heavy atom. The maximum absolute atomic E-state index is 14.0. The molecule has 2 amide bonds. The number of halogens is 5. The molecule has 0 unspecified atom stereocenters. The van der Waals surface area contributed by atoms with Gasteiger partial charge in [-0.05, 0) is 132 Å². The highest BCUT2D eigenvalue weighted by atomic mass is 79.9. The number of nitrogens with two attached hydrogens (primary N) is 3. The summed E-state index contributed by atoms with van der Waals surface area (Å²) in [6, 6.07) is 22.9. The van der Waals surface area contributed by atoms with Crippen molar-refractivity contribution in [2.75, 3.05) is 38.3 Å². The Morgan fingerprint density at radius 2 is 1.39 bits per heavy atom. The van der Waals surface area contributed by atoms with Gasteiger partial charge in [-0.2, -0.15) is 15.4 Å². The first-order chi connectivity index (χ1) is 42.9. The molecule has 30 heteroatoms. The first kappa shape index (κ1) is 66.7. The minimum absolute atomic E-state index is 0.00838. The van der Waals surface area contributed by atoms with Gasteiger partial charge in [0.1, 0.15) is 53.6 Å². The van der Waals surface area contributed by atoms with Crippen molar-refractivity contribution >= 4 is 73.0 Å². The second-order valence-electron chi connectivity index (χ2n) is 19.3. The molecule has 1 aliphatic rings. The molecule has 6 aromatic heterocycles. The topological polar surface area (TPSA) is 364 Å². The van der Waals surface area contributed by atoms with Crippen LogP contribution in [-0.4, -0.2) is 84.3 Å². The number of anilines is 3. The van der Waals surface area contributed by atoms with E-state index in [1.54, 1.807) is 66.2 Å². The van der Waals surface area contributed by atoms with Crippen LogP contribution in [0, 0.1) is 46.7 Å². The summed E-state index contributed by atoms with van der Waals surface area (Å²) in [4.78, 5) is 55.3. The van der Waals surface area contributed by atoms with Gasteiger partial charge < -0.3 is 65.2 Å². The molecule has 3 aromatic carbocycles. The molecule has 7 heterocycles. The highest BCUT2D eigenvalue weighted by Crippen LogP contribution is 2.37. The lowest BCUT2D eigenvalue weighted by Gasteiger charge is -2.23. The number of ether oxygens (including phenoxy) is 3. The number of carbonyl (C=O) groups is 3. The van der Waals surface area contributed by atoms with E-state index in [1.807, 2.05) is 12.1 Å². The number of pyridine rings is 3. The van der Waals surface area contributed by atoms with Gasteiger partial charge in [0.15, 0.2) is 34.7 Å². The van der Waals surface area contributed by atoms with Crippen molar-refractivity contribution in [2.24, 2.45) is 0 Å². The normalized spacial score (nSPS) is 12.8. The minimum Gasteiger partial charge on any atom is -0.482 e.